The normalized spacial score (nSPS) is 13.3. The van der Waals surface area contributed by atoms with Gasteiger partial charge in [-0.2, -0.15) is 0 Å². The van der Waals surface area contributed by atoms with Crippen LogP contribution in [0.1, 0.15) is 50.2 Å². The molecule has 1 saturated carbocycles. The summed E-state index contributed by atoms with van der Waals surface area (Å²) in [6.45, 7) is 0.343. The van der Waals surface area contributed by atoms with Crippen LogP contribution in [0.2, 0.25) is 0 Å². The highest BCUT2D eigenvalue weighted by Crippen LogP contribution is 2.24. The van der Waals surface area contributed by atoms with Gasteiger partial charge in [-0.25, -0.2) is 4.39 Å². The van der Waals surface area contributed by atoms with Gasteiger partial charge in [-0.3, -0.25) is 14.4 Å². The largest absolute Gasteiger partial charge is 0.349 e. The van der Waals surface area contributed by atoms with Crippen molar-refractivity contribution in [1.82, 2.24) is 10.6 Å². The zero-order valence-corrected chi connectivity index (χ0v) is 17.9. The first-order chi connectivity index (χ1) is 16.0. The van der Waals surface area contributed by atoms with Crippen molar-refractivity contribution in [2.75, 3.05) is 0 Å². The van der Waals surface area contributed by atoms with Crippen LogP contribution in [0.15, 0.2) is 72.8 Å². The summed E-state index contributed by atoms with van der Waals surface area (Å²) in [6, 6.07) is 19.9. The Balaban J connectivity index is 1.47. The molecule has 1 fully saturated rings. The second-order valence-electron chi connectivity index (χ2n) is 7.98. The second-order valence-corrected chi connectivity index (χ2v) is 7.98. The van der Waals surface area contributed by atoms with E-state index in [-0.39, 0.29) is 23.7 Å². The summed E-state index contributed by atoms with van der Waals surface area (Å²) >= 11 is 0. The van der Waals surface area contributed by atoms with Crippen LogP contribution in [-0.4, -0.2) is 24.1 Å². The number of nitrogens with one attached hydrogen (secondary N) is 2. The molecule has 0 radical (unpaired) electrons. The number of hydrogen-bond donors (Lipinski definition) is 2. The first-order valence-electron chi connectivity index (χ1n) is 10.7. The summed E-state index contributed by atoms with van der Waals surface area (Å²) in [6.07, 6.45) is 4.44. The molecule has 6 heteroatoms. The molecule has 0 heterocycles. The van der Waals surface area contributed by atoms with Gasteiger partial charge in [0.25, 0.3) is 11.8 Å². The summed E-state index contributed by atoms with van der Waals surface area (Å²) < 4.78 is 13.4. The van der Waals surface area contributed by atoms with Crippen LogP contribution in [0.4, 0.5) is 4.39 Å². The molecule has 0 saturated heterocycles. The molecule has 1 aliphatic rings. The maximum Gasteiger partial charge on any atom is 0.252 e. The number of benzene rings is 3. The van der Waals surface area contributed by atoms with Gasteiger partial charge in [0.2, 0.25) is 0 Å². The molecule has 3 aromatic carbocycles. The number of carbonyl (C=O) groups excluding carboxylic acids is 3. The van der Waals surface area contributed by atoms with Crippen molar-refractivity contribution < 1.29 is 18.8 Å². The molecule has 33 heavy (non-hydrogen) atoms. The average molecular weight is 442 g/mol. The molecule has 166 valence electrons. The highest BCUT2D eigenvalue weighted by Gasteiger charge is 2.25. The Morgan fingerprint density at radius 1 is 0.848 bits per heavy atom. The fraction of sp³-hybridized carbons (Fsp3) is 0.148. The Morgan fingerprint density at radius 2 is 1.45 bits per heavy atom. The molecule has 0 aromatic heterocycles. The van der Waals surface area contributed by atoms with Crippen molar-refractivity contribution in [2.45, 2.75) is 25.4 Å². The Kier molecular flexibility index (Phi) is 6.74. The van der Waals surface area contributed by atoms with Crippen molar-refractivity contribution in [1.29, 1.82) is 0 Å². The molecular formula is C27H23FN2O3. The fourth-order valence-electron chi connectivity index (χ4n) is 3.30. The zero-order valence-electron chi connectivity index (χ0n) is 17.9. The van der Waals surface area contributed by atoms with E-state index >= 15 is 0 Å². The van der Waals surface area contributed by atoms with E-state index in [9.17, 15) is 18.8 Å². The third-order valence-electron chi connectivity index (χ3n) is 5.37. The van der Waals surface area contributed by atoms with E-state index in [1.165, 1.54) is 12.1 Å². The SMILES string of the molecule is O=Cc1ccc(CNC(=O)c2ccc(/C=C(/C(=O)NC3CC3)c3ccc(F)cc3)cc2)cc1. The first-order valence-corrected chi connectivity index (χ1v) is 10.7. The van der Waals surface area contributed by atoms with Crippen molar-refractivity contribution in [3.63, 3.8) is 0 Å². The van der Waals surface area contributed by atoms with Crippen molar-refractivity contribution in [3.8, 4) is 0 Å². The van der Waals surface area contributed by atoms with Gasteiger partial charge >= 0.3 is 0 Å². The molecule has 3 aromatic rings. The molecule has 2 N–H and O–H groups in total. The van der Waals surface area contributed by atoms with Crippen LogP contribution < -0.4 is 10.6 Å². The zero-order chi connectivity index (χ0) is 23.2. The van der Waals surface area contributed by atoms with Crippen LogP contribution in [0.25, 0.3) is 11.6 Å². The van der Waals surface area contributed by atoms with Gasteiger partial charge in [-0.1, -0.05) is 48.5 Å². The molecule has 0 aliphatic heterocycles. The van der Waals surface area contributed by atoms with Crippen molar-refractivity contribution in [2.24, 2.45) is 0 Å². The third-order valence-corrected chi connectivity index (χ3v) is 5.37. The van der Waals surface area contributed by atoms with Gasteiger partial charge < -0.3 is 10.6 Å². The third kappa shape index (κ3) is 6.01. The van der Waals surface area contributed by atoms with Gasteiger partial charge in [0, 0.05) is 29.3 Å². The number of aldehydes is 1. The van der Waals surface area contributed by atoms with E-state index in [1.807, 2.05) is 0 Å². The summed E-state index contributed by atoms with van der Waals surface area (Å²) in [5.41, 5.74) is 3.78. The molecule has 1 aliphatic carbocycles. The van der Waals surface area contributed by atoms with Crippen molar-refractivity contribution >= 4 is 29.7 Å². The Hall–Kier alpha value is -4.06. The van der Waals surface area contributed by atoms with Gasteiger partial charge in [0.1, 0.15) is 12.1 Å². The Morgan fingerprint density at radius 3 is 2.06 bits per heavy atom. The lowest BCUT2D eigenvalue weighted by Gasteiger charge is -2.10. The van der Waals surface area contributed by atoms with Crippen LogP contribution in [-0.2, 0) is 11.3 Å². The molecule has 0 bridgehead atoms. The van der Waals surface area contributed by atoms with E-state index in [0.717, 1.165) is 30.3 Å². The minimum absolute atomic E-state index is 0.196. The standard InChI is InChI=1S/C27H23FN2O3/c28-23-11-9-21(10-12-23)25(27(33)30-24-13-14-24)15-18-5-7-22(8-6-18)26(32)29-16-19-1-3-20(17-31)4-2-19/h1-12,15,17,24H,13-14,16H2,(H,29,32)(H,30,33)/b25-15+. The number of amides is 2. The summed E-state index contributed by atoms with van der Waals surface area (Å²) in [4.78, 5) is 36.0. The highest BCUT2D eigenvalue weighted by atomic mass is 19.1. The van der Waals surface area contributed by atoms with E-state index in [0.29, 0.717) is 28.8 Å². The number of carbonyl (C=O) groups is 3. The van der Waals surface area contributed by atoms with Crippen LogP contribution in [0.5, 0.6) is 0 Å². The van der Waals surface area contributed by atoms with Crippen LogP contribution in [0, 0.1) is 5.82 Å². The maximum atomic E-state index is 13.4. The first kappa shape index (κ1) is 22.1. The lowest BCUT2D eigenvalue weighted by Crippen LogP contribution is -2.26. The smallest absolute Gasteiger partial charge is 0.252 e. The van der Waals surface area contributed by atoms with E-state index in [4.69, 9.17) is 0 Å². The quantitative estimate of drug-likeness (QED) is 0.309. The second kappa shape index (κ2) is 10.0. The lowest BCUT2D eigenvalue weighted by atomic mass is 10.0. The molecule has 0 spiro atoms. The lowest BCUT2D eigenvalue weighted by molar-refractivity contribution is -0.115. The monoisotopic (exact) mass is 442 g/mol. The number of rotatable bonds is 8. The minimum atomic E-state index is -0.365. The van der Waals surface area contributed by atoms with E-state index < -0.39 is 0 Å². The van der Waals surface area contributed by atoms with Crippen LogP contribution in [0.3, 0.4) is 0 Å². The highest BCUT2D eigenvalue weighted by molar-refractivity contribution is 6.24. The van der Waals surface area contributed by atoms with E-state index in [2.05, 4.69) is 10.6 Å². The van der Waals surface area contributed by atoms with Crippen LogP contribution >= 0.6 is 0 Å². The summed E-state index contributed by atoms with van der Waals surface area (Å²) in [5, 5.41) is 5.82. The molecule has 0 unspecified atom stereocenters. The maximum absolute atomic E-state index is 13.4. The molecule has 2 amide bonds. The number of halogens is 1. The predicted molar refractivity (Wildman–Crippen MR) is 125 cm³/mol. The predicted octanol–water partition coefficient (Wildman–Crippen LogP) is 4.39. The summed E-state index contributed by atoms with van der Waals surface area (Å²) in [5.74, 6) is -0.794. The Bertz CT molecular complexity index is 1180. The van der Waals surface area contributed by atoms with Gasteiger partial charge in [0.05, 0.1) is 0 Å². The van der Waals surface area contributed by atoms with E-state index in [1.54, 1.807) is 66.7 Å². The average Bonchev–Trinajstić information content (AvgIpc) is 3.66. The van der Waals surface area contributed by atoms with Gasteiger partial charge in [-0.15, -0.1) is 0 Å². The fourth-order valence-corrected chi connectivity index (χ4v) is 3.30. The minimum Gasteiger partial charge on any atom is -0.349 e. The van der Waals surface area contributed by atoms with Gasteiger partial charge in [-0.05, 0) is 59.9 Å². The molecule has 4 rings (SSSR count). The number of hydrogen-bond acceptors (Lipinski definition) is 3. The van der Waals surface area contributed by atoms with Gasteiger partial charge in [0.15, 0.2) is 0 Å². The molecule has 5 nitrogen and oxygen atoms in total. The van der Waals surface area contributed by atoms with Crippen molar-refractivity contribution in [3.05, 3.63) is 106 Å². The summed E-state index contributed by atoms with van der Waals surface area (Å²) in [7, 11) is 0. The molecule has 0 atom stereocenters. The Labute approximate surface area is 191 Å². The topological polar surface area (TPSA) is 75.3 Å². The molecular weight excluding hydrogens is 419 g/mol.